The number of thiophene rings is 1. The summed E-state index contributed by atoms with van der Waals surface area (Å²) in [6.07, 6.45) is -0.879. The van der Waals surface area contributed by atoms with Crippen LogP contribution in [-0.4, -0.2) is 26.0 Å². The Bertz CT molecular complexity index is 1050. The van der Waals surface area contributed by atoms with Crippen molar-refractivity contribution in [3.63, 3.8) is 0 Å². The van der Waals surface area contributed by atoms with Crippen molar-refractivity contribution in [1.29, 1.82) is 0 Å². The van der Waals surface area contributed by atoms with Crippen LogP contribution in [0.3, 0.4) is 0 Å². The molecule has 3 N–H and O–H groups in total. The molecule has 0 aliphatic heterocycles. The Morgan fingerprint density at radius 2 is 1.75 bits per heavy atom. The van der Waals surface area contributed by atoms with Gasteiger partial charge in [-0.05, 0) is 36.1 Å². The summed E-state index contributed by atoms with van der Waals surface area (Å²) in [4.78, 5) is 12.5. The van der Waals surface area contributed by atoms with Crippen LogP contribution in [0.4, 0.5) is 5.69 Å². The highest BCUT2D eigenvalue weighted by Gasteiger charge is 2.24. The number of rotatable bonds is 7. The van der Waals surface area contributed by atoms with Gasteiger partial charge >= 0.3 is 0 Å². The molecule has 0 bridgehead atoms. The summed E-state index contributed by atoms with van der Waals surface area (Å²) in [6, 6.07) is 17.2. The van der Waals surface area contributed by atoms with E-state index in [1.165, 1.54) is 6.07 Å². The molecule has 0 saturated heterocycles. The van der Waals surface area contributed by atoms with Gasteiger partial charge in [-0.15, -0.1) is 11.3 Å². The maximum absolute atomic E-state index is 12.7. The van der Waals surface area contributed by atoms with E-state index in [9.17, 15) is 18.3 Å². The summed E-state index contributed by atoms with van der Waals surface area (Å²) < 4.78 is 27.9. The Hall–Kier alpha value is -2.68. The van der Waals surface area contributed by atoms with Crippen molar-refractivity contribution < 1.29 is 18.3 Å². The van der Waals surface area contributed by atoms with Crippen molar-refractivity contribution >= 4 is 33.0 Å². The molecule has 1 aromatic heterocycles. The maximum atomic E-state index is 12.7. The fraction of sp³-hybridized carbons (Fsp3) is 0.150. The quantitative estimate of drug-likeness (QED) is 0.551. The number of nitrogens with one attached hydrogen (secondary N) is 2. The molecule has 146 valence electrons. The van der Waals surface area contributed by atoms with Gasteiger partial charge in [-0.2, -0.15) is 0 Å². The number of hydrogen-bond acceptors (Lipinski definition) is 5. The number of sulfonamides is 1. The Balaban J connectivity index is 1.71. The molecule has 1 heterocycles. The van der Waals surface area contributed by atoms with Gasteiger partial charge < -0.3 is 10.4 Å². The molecule has 0 spiro atoms. The molecule has 0 radical (unpaired) electrons. The topological polar surface area (TPSA) is 95.5 Å². The second kappa shape index (κ2) is 8.55. The number of hydrogen-bond donors (Lipinski definition) is 3. The number of aryl methyl sites for hydroxylation is 1. The molecule has 2 aromatic carbocycles. The monoisotopic (exact) mass is 416 g/mol. The third-order valence-electron chi connectivity index (χ3n) is 4.07. The van der Waals surface area contributed by atoms with Crippen molar-refractivity contribution in [2.45, 2.75) is 17.9 Å². The molecule has 1 unspecified atom stereocenters. The predicted octanol–water partition coefficient (Wildman–Crippen LogP) is 3.32. The van der Waals surface area contributed by atoms with E-state index in [1.54, 1.807) is 53.9 Å². The zero-order valence-corrected chi connectivity index (χ0v) is 16.8. The van der Waals surface area contributed by atoms with Gasteiger partial charge in [0, 0.05) is 12.2 Å². The molecule has 28 heavy (non-hydrogen) atoms. The fourth-order valence-corrected chi connectivity index (χ4v) is 4.97. The lowest BCUT2D eigenvalue weighted by molar-refractivity contribution is 0.0917. The molecule has 8 heteroatoms. The van der Waals surface area contributed by atoms with Crippen molar-refractivity contribution in [3.8, 4) is 0 Å². The number of carbonyl (C=O) groups is 1. The number of benzene rings is 2. The van der Waals surface area contributed by atoms with Gasteiger partial charge in [0.1, 0.15) is 9.77 Å². The minimum atomic E-state index is -3.91. The fourth-order valence-electron chi connectivity index (χ4n) is 2.57. The molecule has 6 nitrogen and oxygen atoms in total. The number of amides is 1. The molecule has 3 rings (SSSR count). The molecule has 1 amide bonds. The molecule has 3 aromatic rings. The molecular formula is C20H20N2O4S2. The molecule has 0 fully saturated rings. The van der Waals surface area contributed by atoms with Crippen LogP contribution in [0, 0.1) is 6.92 Å². The minimum absolute atomic E-state index is 0.0222. The highest BCUT2D eigenvalue weighted by atomic mass is 32.2. The van der Waals surface area contributed by atoms with Crippen LogP contribution in [0.5, 0.6) is 0 Å². The van der Waals surface area contributed by atoms with Gasteiger partial charge in [-0.25, -0.2) is 8.42 Å². The van der Waals surface area contributed by atoms with E-state index in [2.05, 4.69) is 10.0 Å². The lowest BCUT2D eigenvalue weighted by Crippen LogP contribution is -2.29. The van der Waals surface area contributed by atoms with Gasteiger partial charge in [0.15, 0.2) is 0 Å². The molecule has 0 saturated carbocycles. The summed E-state index contributed by atoms with van der Waals surface area (Å²) in [5.74, 6) is -0.547. The normalized spacial score (nSPS) is 12.4. The summed E-state index contributed by atoms with van der Waals surface area (Å²) in [6.45, 7) is 1.88. The smallest absolute Gasteiger partial charge is 0.263 e. The van der Waals surface area contributed by atoms with E-state index in [-0.39, 0.29) is 16.3 Å². The molecule has 0 aliphatic rings. The minimum Gasteiger partial charge on any atom is -0.387 e. The van der Waals surface area contributed by atoms with Crippen LogP contribution in [0.2, 0.25) is 0 Å². The Kier molecular flexibility index (Phi) is 6.13. The third-order valence-corrected chi connectivity index (χ3v) is 6.53. The third kappa shape index (κ3) is 4.78. The first kappa shape index (κ1) is 20.1. The summed E-state index contributed by atoms with van der Waals surface area (Å²) in [5, 5.41) is 14.3. The van der Waals surface area contributed by atoms with Crippen LogP contribution >= 0.6 is 11.3 Å². The Morgan fingerprint density at radius 1 is 1.07 bits per heavy atom. The standard InChI is InChI=1S/C20H20N2O4S2/c1-14-7-9-16(10-8-14)22-28(25,26)18-11-12-27-19(18)20(24)21-13-17(23)15-5-3-2-4-6-15/h2-12,17,22-23H,13H2,1H3,(H,21,24). The predicted molar refractivity (Wildman–Crippen MR) is 110 cm³/mol. The molecular weight excluding hydrogens is 396 g/mol. The van der Waals surface area contributed by atoms with Crippen molar-refractivity contribution in [3.05, 3.63) is 82.0 Å². The van der Waals surface area contributed by atoms with Crippen molar-refractivity contribution in [2.24, 2.45) is 0 Å². The van der Waals surface area contributed by atoms with Crippen LogP contribution in [-0.2, 0) is 10.0 Å². The largest absolute Gasteiger partial charge is 0.387 e. The average Bonchev–Trinajstić information content (AvgIpc) is 3.19. The molecule has 0 aliphatic carbocycles. The van der Waals surface area contributed by atoms with Gasteiger partial charge in [0.25, 0.3) is 15.9 Å². The van der Waals surface area contributed by atoms with Gasteiger partial charge in [-0.1, -0.05) is 48.0 Å². The Morgan fingerprint density at radius 3 is 2.43 bits per heavy atom. The van der Waals surface area contributed by atoms with E-state index >= 15 is 0 Å². The van der Waals surface area contributed by atoms with E-state index in [0.717, 1.165) is 16.9 Å². The van der Waals surface area contributed by atoms with E-state index < -0.39 is 22.0 Å². The van der Waals surface area contributed by atoms with Crippen LogP contribution in [0.15, 0.2) is 70.9 Å². The second-order valence-corrected chi connectivity index (χ2v) is 8.79. The Labute approximate surface area is 167 Å². The zero-order valence-electron chi connectivity index (χ0n) is 15.1. The van der Waals surface area contributed by atoms with E-state index in [0.29, 0.717) is 11.3 Å². The highest BCUT2D eigenvalue weighted by molar-refractivity contribution is 7.93. The van der Waals surface area contributed by atoms with E-state index in [1.807, 2.05) is 13.0 Å². The molecule has 1 atom stereocenters. The van der Waals surface area contributed by atoms with Gasteiger partial charge in [0.05, 0.1) is 6.10 Å². The van der Waals surface area contributed by atoms with Crippen LogP contribution in [0.1, 0.15) is 26.9 Å². The summed E-state index contributed by atoms with van der Waals surface area (Å²) in [7, 11) is -3.91. The first-order valence-electron chi connectivity index (χ1n) is 8.55. The zero-order chi connectivity index (χ0) is 20.1. The lowest BCUT2D eigenvalue weighted by Gasteiger charge is -2.13. The first-order chi connectivity index (χ1) is 13.4. The van der Waals surface area contributed by atoms with Gasteiger partial charge in [-0.3, -0.25) is 9.52 Å². The van der Waals surface area contributed by atoms with Gasteiger partial charge in [0.2, 0.25) is 0 Å². The lowest BCUT2D eigenvalue weighted by atomic mass is 10.1. The number of aliphatic hydroxyl groups excluding tert-OH is 1. The summed E-state index contributed by atoms with van der Waals surface area (Å²) in [5.41, 5.74) is 2.10. The summed E-state index contributed by atoms with van der Waals surface area (Å²) >= 11 is 1.03. The van der Waals surface area contributed by atoms with Crippen LogP contribution in [0.25, 0.3) is 0 Å². The average molecular weight is 417 g/mol. The van der Waals surface area contributed by atoms with E-state index in [4.69, 9.17) is 0 Å². The first-order valence-corrected chi connectivity index (χ1v) is 10.9. The maximum Gasteiger partial charge on any atom is 0.263 e. The van der Waals surface area contributed by atoms with Crippen LogP contribution < -0.4 is 10.0 Å². The SMILES string of the molecule is Cc1ccc(NS(=O)(=O)c2ccsc2C(=O)NCC(O)c2ccccc2)cc1. The number of aliphatic hydroxyl groups is 1. The number of anilines is 1. The van der Waals surface area contributed by atoms with Crippen molar-refractivity contribution in [2.75, 3.05) is 11.3 Å². The second-order valence-electron chi connectivity index (χ2n) is 6.22. The van der Waals surface area contributed by atoms with Crippen molar-refractivity contribution in [1.82, 2.24) is 5.32 Å². The highest BCUT2D eigenvalue weighted by Crippen LogP contribution is 2.25. The number of carbonyl (C=O) groups excluding carboxylic acids is 1.